The van der Waals surface area contributed by atoms with Gasteiger partial charge in [-0.05, 0) is 12.0 Å². The number of benzene rings is 1. The van der Waals surface area contributed by atoms with Gasteiger partial charge in [0.25, 0.3) is 0 Å². The Kier molecular flexibility index (Phi) is 5.12. The van der Waals surface area contributed by atoms with Crippen molar-refractivity contribution in [1.29, 1.82) is 0 Å². The lowest BCUT2D eigenvalue weighted by atomic mass is 10.2. The van der Waals surface area contributed by atoms with Crippen molar-refractivity contribution >= 4 is 17.4 Å². The quantitative estimate of drug-likeness (QED) is 0.850. The van der Waals surface area contributed by atoms with E-state index in [0.29, 0.717) is 6.04 Å². The molecule has 94 valence electrons. The number of aromatic nitrogens is 1. The van der Waals surface area contributed by atoms with Crippen LogP contribution in [0.4, 0.5) is 0 Å². The summed E-state index contributed by atoms with van der Waals surface area (Å²) in [4.78, 5) is 4.36. The van der Waals surface area contributed by atoms with Gasteiger partial charge in [0.1, 0.15) is 5.01 Å². The molecule has 0 saturated carbocycles. The Morgan fingerprint density at radius 2 is 2.17 bits per heavy atom. The molecule has 0 bridgehead atoms. The fraction of sp³-hybridized carbons (Fsp3) is 0.267. The van der Waals surface area contributed by atoms with E-state index in [1.54, 1.807) is 11.3 Å². The lowest BCUT2D eigenvalue weighted by Gasteiger charge is -2.12. The first-order valence-corrected chi connectivity index (χ1v) is 7.12. The zero-order chi connectivity index (χ0) is 12.6. The Balaban J connectivity index is 1.83. The third-order valence-electron chi connectivity index (χ3n) is 2.75. The van der Waals surface area contributed by atoms with E-state index in [-0.39, 0.29) is 0 Å². The van der Waals surface area contributed by atoms with Crippen molar-refractivity contribution in [2.75, 3.05) is 6.54 Å². The van der Waals surface area contributed by atoms with Crippen LogP contribution in [-0.2, 0) is 0 Å². The van der Waals surface area contributed by atoms with Gasteiger partial charge in [0, 0.05) is 18.1 Å². The molecule has 1 N–H and O–H groups in total. The summed E-state index contributed by atoms with van der Waals surface area (Å²) >= 11 is 1.71. The van der Waals surface area contributed by atoms with Crippen LogP contribution in [0.1, 0.15) is 30.0 Å². The fourth-order valence-electron chi connectivity index (χ4n) is 1.78. The highest BCUT2D eigenvalue weighted by molar-refractivity contribution is 7.09. The molecule has 0 saturated heterocycles. The summed E-state index contributed by atoms with van der Waals surface area (Å²) in [7, 11) is 0. The summed E-state index contributed by atoms with van der Waals surface area (Å²) in [5.74, 6) is 0. The topological polar surface area (TPSA) is 24.9 Å². The Bertz CT molecular complexity index is 463. The van der Waals surface area contributed by atoms with E-state index in [2.05, 4.69) is 53.6 Å². The average molecular weight is 258 g/mol. The van der Waals surface area contributed by atoms with Gasteiger partial charge < -0.3 is 5.32 Å². The molecule has 0 spiro atoms. The van der Waals surface area contributed by atoms with Crippen molar-refractivity contribution < 1.29 is 0 Å². The molecular formula is C15H18N2S. The molecule has 1 aromatic carbocycles. The first-order valence-electron chi connectivity index (χ1n) is 6.24. The van der Waals surface area contributed by atoms with Crippen LogP contribution in [0.25, 0.3) is 6.08 Å². The van der Waals surface area contributed by atoms with E-state index < -0.39 is 0 Å². The molecule has 1 atom stereocenters. The molecule has 2 rings (SSSR count). The van der Waals surface area contributed by atoms with E-state index >= 15 is 0 Å². The first-order chi connectivity index (χ1) is 8.90. The maximum Gasteiger partial charge on any atom is 0.109 e. The molecule has 0 aliphatic heterocycles. The molecule has 18 heavy (non-hydrogen) atoms. The molecule has 2 aromatic rings. The molecule has 0 aliphatic carbocycles. The predicted molar refractivity (Wildman–Crippen MR) is 78.6 cm³/mol. The molecule has 0 radical (unpaired) electrons. The average Bonchev–Trinajstić information content (AvgIpc) is 2.94. The second-order valence-electron chi connectivity index (χ2n) is 4.05. The number of thiazole rings is 1. The van der Waals surface area contributed by atoms with Crippen LogP contribution < -0.4 is 5.32 Å². The smallest absolute Gasteiger partial charge is 0.109 e. The van der Waals surface area contributed by atoms with Crippen molar-refractivity contribution in [3.63, 3.8) is 0 Å². The maximum atomic E-state index is 4.36. The Morgan fingerprint density at radius 3 is 2.83 bits per heavy atom. The van der Waals surface area contributed by atoms with Gasteiger partial charge in [0.2, 0.25) is 0 Å². The Morgan fingerprint density at radius 1 is 1.33 bits per heavy atom. The third-order valence-corrected chi connectivity index (χ3v) is 3.64. The number of nitrogens with zero attached hydrogens (tertiary/aromatic N) is 1. The van der Waals surface area contributed by atoms with E-state index in [9.17, 15) is 0 Å². The van der Waals surface area contributed by atoms with Crippen LogP contribution in [0.15, 0.2) is 48.0 Å². The SMILES string of the molecule is CCC(NCC=Cc1ccccc1)c1nccs1. The molecular weight excluding hydrogens is 240 g/mol. The molecule has 0 aliphatic rings. The van der Waals surface area contributed by atoms with Crippen molar-refractivity contribution in [3.8, 4) is 0 Å². The van der Waals surface area contributed by atoms with Gasteiger partial charge in [-0.3, -0.25) is 0 Å². The second-order valence-corrected chi connectivity index (χ2v) is 4.98. The standard InChI is InChI=1S/C15H18N2S/c1-2-14(15-17-11-12-18-15)16-10-6-9-13-7-4-3-5-8-13/h3-9,11-12,14,16H,2,10H2,1H3. The van der Waals surface area contributed by atoms with Gasteiger partial charge in [-0.15, -0.1) is 11.3 Å². The van der Waals surface area contributed by atoms with Crippen LogP contribution >= 0.6 is 11.3 Å². The highest BCUT2D eigenvalue weighted by Gasteiger charge is 2.09. The minimum atomic E-state index is 0.366. The van der Waals surface area contributed by atoms with Gasteiger partial charge in [-0.1, -0.05) is 49.4 Å². The highest BCUT2D eigenvalue weighted by atomic mass is 32.1. The number of nitrogens with one attached hydrogen (secondary N) is 1. The largest absolute Gasteiger partial charge is 0.304 e. The highest BCUT2D eigenvalue weighted by Crippen LogP contribution is 2.18. The summed E-state index contributed by atoms with van der Waals surface area (Å²) in [5.41, 5.74) is 1.24. The predicted octanol–water partition coefficient (Wildman–Crippen LogP) is 3.90. The molecule has 0 fully saturated rings. The van der Waals surface area contributed by atoms with Gasteiger partial charge in [0.15, 0.2) is 0 Å². The summed E-state index contributed by atoms with van der Waals surface area (Å²) in [6, 6.07) is 10.7. The van der Waals surface area contributed by atoms with Gasteiger partial charge in [0.05, 0.1) is 6.04 Å². The van der Waals surface area contributed by atoms with E-state index in [0.717, 1.165) is 13.0 Å². The van der Waals surface area contributed by atoms with E-state index in [4.69, 9.17) is 0 Å². The van der Waals surface area contributed by atoms with E-state index in [1.807, 2.05) is 17.6 Å². The van der Waals surface area contributed by atoms with Crippen LogP contribution in [0.3, 0.4) is 0 Å². The molecule has 1 aromatic heterocycles. The van der Waals surface area contributed by atoms with Gasteiger partial charge in [-0.25, -0.2) is 4.98 Å². The fourth-order valence-corrected chi connectivity index (χ4v) is 2.58. The minimum absolute atomic E-state index is 0.366. The van der Waals surface area contributed by atoms with Crippen LogP contribution in [-0.4, -0.2) is 11.5 Å². The van der Waals surface area contributed by atoms with Crippen LogP contribution in [0.5, 0.6) is 0 Å². The van der Waals surface area contributed by atoms with Crippen molar-refractivity contribution in [2.45, 2.75) is 19.4 Å². The Hall–Kier alpha value is -1.45. The van der Waals surface area contributed by atoms with E-state index in [1.165, 1.54) is 10.6 Å². The third kappa shape index (κ3) is 3.79. The molecule has 0 amide bonds. The lowest BCUT2D eigenvalue weighted by Crippen LogP contribution is -2.20. The number of hydrogen-bond acceptors (Lipinski definition) is 3. The first kappa shape index (κ1) is 13.0. The second kappa shape index (κ2) is 7.09. The minimum Gasteiger partial charge on any atom is -0.304 e. The zero-order valence-corrected chi connectivity index (χ0v) is 11.4. The zero-order valence-electron chi connectivity index (χ0n) is 10.5. The number of hydrogen-bond donors (Lipinski definition) is 1. The van der Waals surface area contributed by atoms with Crippen LogP contribution in [0, 0.1) is 0 Å². The number of rotatable bonds is 6. The molecule has 2 nitrogen and oxygen atoms in total. The summed E-state index contributed by atoms with van der Waals surface area (Å²) in [5, 5.41) is 6.70. The van der Waals surface area contributed by atoms with Crippen LogP contribution in [0.2, 0.25) is 0 Å². The lowest BCUT2D eigenvalue weighted by molar-refractivity contribution is 0.549. The van der Waals surface area contributed by atoms with Crippen molar-refractivity contribution in [1.82, 2.24) is 10.3 Å². The summed E-state index contributed by atoms with van der Waals surface area (Å²) in [6.45, 7) is 3.05. The molecule has 3 heteroatoms. The normalized spacial score (nSPS) is 12.9. The maximum absolute atomic E-state index is 4.36. The molecule has 1 unspecified atom stereocenters. The van der Waals surface area contributed by atoms with Gasteiger partial charge >= 0.3 is 0 Å². The summed E-state index contributed by atoms with van der Waals surface area (Å²) in [6.07, 6.45) is 7.23. The van der Waals surface area contributed by atoms with Crippen molar-refractivity contribution in [2.24, 2.45) is 0 Å². The molecule has 1 heterocycles. The van der Waals surface area contributed by atoms with Gasteiger partial charge in [-0.2, -0.15) is 0 Å². The Labute approximate surface area is 112 Å². The van der Waals surface area contributed by atoms with Crippen molar-refractivity contribution in [3.05, 3.63) is 58.6 Å². The summed E-state index contributed by atoms with van der Waals surface area (Å²) < 4.78 is 0. The monoisotopic (exact) mass is 258 g/mol.